The van der Waals surface area contributed by atoms with Gasteiger partial charge in [-0.1, -0.05) is 20.8 Å². The first-order valence-electron chi connectivity index (χ1n) is 6.98. The Bertz CT molecular complexity index is 455. The summed E-state index contributed by atoms with van der Waals surface area (Å²) in [4.78, 5) is 11.3. The molecule has 20 heavy (non-hydrogen) atoms. The number of ether oxygens (including phenoxy) is 1. The van der Waals surface area contributed by atoms with Crippen molar-refractivity contribution in [3.63, 3.8) is 0 Å². The zero-order chi connectivity index (χ0) is 15.1. The Morgan fingerprint density at radius 3 is 2.65 bits per heavy atom. The predicted octanol–water partition coefficient (Wildman–Crippen LogP) is 2.30. The maximum atomic E-state index is 12.0. The lowest BCUT2D eigenvalue weighted by atomic mass is 10.2. The van der Waals surface area contributed by atoms with Crippen LogP contribution in [0.2, 0.25) is 0 Å². The van der Waals surface area contributed by atoms with Crippen LogP contribution in [0, 0.1) is 5.92 Å². The van der Waals surface area contributed by atoms with Crippen LogP contribution >= 0.6 is 0 Å². The molecule has 0 radical (unpaired) electrons. The highest BCUT2D eigenvalue weighted by Crippen LogP contribution is 2.15. The minimum Gasteiger partial charge on any atom is -0.469 e. The molecule has 0 aliphatic rings. The summed E-state index contributed by atoms with van der Waals surface area (Å²) in [6, 6.07) is 2.30. The van der Waals surface area contributed by atoms with Crippen LogP contribution in [-0.4, -0.2) is 32.8 Å². The van der Waals surface area contributed by atoms with Crippen molar-refractivity contribution in [2.24, 2.45) is 5.92 Å². The van der Waals surface area contributed by atoms with E-state index >= 15 is 0 Å². The Morgan fingerprint density at radius 1 is 1.45 bits per heavy atom. The summed E-state index contributed by atoms with van der Waals surface area (Å²) < 4.78 is 18.6. The van der Waals surface area contributed by atoms with E-state index in [0.717, 1.165) is 18.5 Å². The third-order valence-electron chi connectivity index (χ3n) is 3.33. The first-order chi connectivity index (χ1) is 9.51. The monoisotopic (exact) mass is 300 g/mol. The fourth-order valence-corrected chi connectivity index (χ4v) is 3.39. The normalized spacial score (nSPS) is 14.2. The Hall–Kier alpha value is -1.17. The van der Waals surface area contributed by atoms with E-state index in [-0.39, 0.29) is 11.9 Å². The van der Waals surface area contributed by atoms with E-state index in [4.69, 9.17) is 0 Å². The van der Waals surface area contributed by atoms with E-state index in [1.54, 1.807) is 6.92 Å². The summed E-state index contributed by atoms with van der Waals surface area (Å²) in [6.07, 6.45) is 3.99. The van der Waals surface area contributed by atoms with Crippen LogP contribution in [0.15, 0.2) is 12.3 Å². The van der Waals surface area contributed by atoms with E-state index in [1.165, 1.54) is 7.11 Å². The zero-order valence-electron chi connectivity index (χ0n) is 12.7. The van der Waals surface area contributed by atoms with Crippen molar-refractivity contribution in [3.8, 4) is 0 Å². The molecule has 0 spiro atoms. The van der Waals surface area contributed by atoms with Crippen LogP contribution in [-0.2, 0) is 26.1 Å². The minimum absolute atomic E-state index is 0.310. The standard InChI is InChI=1S/C14H24N2O3S/c1-5-13(6-2)16-8-7-12(15-16)10-20(18)9-11(3)14(17)19-4/h7-8,11,13H,5-6,9-10H2,1-4H3. The number of hydrogen-bond acceptors (Lipinski definition) is 4. The van der Waals surface area contributed by atoms with Crippen molar-refractivity contribution < 1.29 is 13.7 Å². The summed E-state index contributed by atoms with van der Waals surface area (Å²) in [5.41, 5.74) is 0.812. The Labute approximate surface area is 123 Å². The number of carbonyl (C=O) groups excluding carboxylic acids is 1. The van der Waals surface area contributed by atoms with Crippen molar-refractivity contribution >= 4 is 16.8 Å². The van der Waals surface area contributed by atoms with Gasteiger partial charge in [-0.05, 0) is 18.9 Å². The maximum Gasteiger partial charge on any atom is 0.309 e. The lowest BCUT2D eigenvalue weighted by Gasteiger charge is -2.12. The van der Waals surface area contributed by atoms with Crippen LogP contribution in [0.25, 0.3) is 0 Å². The number of carbonyl (C=O) groups is 1. The molecule has 0 aromatic carbocycles. The van der Waals surface area contributed by atoms with Gasteiger partial charge < -0.3 is 4.74 Å². The predicted molar refractivity (Wildman–Crippen MR) is 79.7 cm³/mol. The van der Waals surface area contributed by atoms with Gasteiger partial charge in [0, 0.05) is 22.7 Å². The highest BCUT2D eigenvalue weighted by Gasteiger charge is 2.17. The zero-order valence-corrected chi connectivity index (χ0v) is 13.5. The second-order valence-electron chi connectivity index (χ2n) is 4.93. The molecule has 114 valence electrons. The fourth-order valence-electron chi connectivity index (χ4n) is 2.09. The van der Waals surface area contributed by atoms with Gasteiger partial charge in [-0.2, -0.15) is 5.10 Å². The molecule has 0 bridgehead atoms. The molecular formula is C14H24N2O3S. The molecule has 0 aliphatic carbocycles. The molecule has 1 heterocycles. The molecule has 6 heteroatoms. The molecule has 0 N–H and O–H groups in total. The summed E-state index contributed by atoms with van der Waals surface area (Å²) in [5, 5.41) is 4.47. The number of esters is 1. The molecule has 2 unspecified atom stereocenters. The lowest BCUT2D eigenvalue weighted by molar-refractivity contribution is -0.144. The molecule has 5 nitrogen and oxygen atoms in total. The van der Waals surface area contributed by atoms with Crippen LogP contribution in [0.1, 0.15) is 45.3 Å². The second-order valence-corrected chi connectivity index (χ2v) is 6.43. The van der Waals surface area contributed by atoms with E-state index in [1.807, 2.05) is 16.9 Å². The van der Waals surface area contributed by atoms with E-state index in [2.05, 4.69) is 23.7 Å². The molecule has 0 saturated heterocycles. The number of hydrogen-bond donors (Lipinski definition) is 0. The van der Waals surface area contributed by atoms with Gasteiger partial charge in [0.2, 0.25) is 0 Å². The van der Waals surface area contributed by atoms with Gasteiger partial charge in [-0.15, -0.1) is 0 Å². The Morgan fingerprint density at radius 2 is 2.10 bits per heavy atom. The van der Waals surface area contributed by atoms with Gasteiger partial charge in [0.1, 0.15) is 0 Å². The largest absolute Gasteiger partial charge is 0.469 e. The van der Waals surface area contributed by atoms with Gasteiger partial charge in [0.15, 0.2) is 0 Å². The minimum atomic E-state index is -1.10. The molecule has 1 aromatic heterocycles. The fraction of sp³-hybridized carbons (Fsp3) is 0.714. The molecule has 1 aromatic rings. The van der Waals surface area contributed by atoms with E-state index in [9.17, 15) is 9.00 Å². The summed E-state index contributed by atoms with van der Waals surface area (Å²) >= 11 is 0. The van der Waals surface area contributed by atoms with Gasteiger partial charge in [-0.3, -0.25) is 13.7 Å². The average Bonchev–Trinajstić information content (AvgIpc) is 2.87. The van der Waals surface area contributed by atoms with Crippen molar-refractivity contribution in [3.05, 3.63) is 18.0 Å². The van der Waals surface area contributed by atoms with Gasteiger partial charge in [-0.25, -0.2) is 0 Å². The molecule has 0 saturated carbocycles. The summed E-state index contributed by atoms with van der Waals surface area (Å²) in [6.45, 7) is 5.99. The van der Waals surface area contributed by atoms with Crippen molar-refractivity contribution in [1.82, 2.24) is 9.78 Å². The summed E-state index contributed by atoms with van der Waals surface area (Å²) in [7, 11) is 0.243. The molecule has 0 aliphatic heterocycles. The molecule has 2 atom stereocenters. The third kappa shape index (κ3) is 4.74. The lowest BCUT2D eigenvalue weighted by Crippen LogP contribution is -2.20. The number of aromatic nitrogens is 2. The number of methoxy groups -OCH3 is 1. The Kier molecular flexibility index (Phi) is 6.91. The molecule has 0 fully saturated rings. The van der Waals surface area contributed by atoms with Crippen LogP contribution in [0.5, 0.6) is 0 Å². The highest BCUT2D eigenvalue weighted by atomic mass is 32.2. The third-order valence-corrected chi connectivity index (χ3v) is 4.82. The average molecular weight is 300 g/mol. The Balaban J connectivity index is 2.56. The molecule has 0 amide bonds. The SMILES string of the molecule is CCC(CC)n1ccc(CS(=O)CC(C)C(=O)OC)n1. The molecule has 1 rings (SSSR count). The van der Waals surface area contributed by atoms with Crippen molar-refractivity contribution in [2.45, 2.75) is 45.4 Å². The first-order valence-corrected chi connectivity index (χ1v) is 8.47. The van der Waals surface area contributed by atoms with Gasteiger partial charge in [0.25, 0.3) is 0 Å². The van der Waals surface area contributed by atoms with Crippen molar-refractivity contribution in [1.29, 1.82) is 0 Å². The topological polar surface area (TPSA) is 61.2 Å². The second kappa shape index (κ2) is 8.19. The summed E-state index contributed by atoms with van der Waals surface area (Å²) in [5.74, 6) is 0.0294. The highest BCUT2D eigenvalue weighted by molar-refractivity contribution is 7.84. The van der Waals surface area contributed by atoms with E-state index in [0.29, 0.717) is 17.5 Å². The quantitative estimate of drug-likeness (QED) is 0.691. The molecular weight excluding hydrogens is 276 g/mol. The number of nitrogens with zero attached hydrogens (tertiary/aromatic N) is 2. The first kappa shape index (κ1) is 16.9. The van der Waals surface area contributed by atoms with Crippen molar-refractivity contribution in [2.75, 3.05) is 12.9 Å². The van der Waals surface area contributed by atoms with Gasteiger partial charge in [0.05, 0.1) is 30.5 Å². The smallest absolute Gasteiger partial charge is 0.309 e. The van der Waals surface area contributed by atoms with Crippen LogP contribution in [0.4, 0.5) is 0 Å². The van der Waals surface area contributed by atoms with Gasteiger partial charge >= 0.3 is 5.97 Å². The maximum absolute atomic E-state index is 12.0. The van der Waals surface area contributed by atoms with E-state index < -0.39 is 10.8 Å². The van der Waals surface area contributed by atoms with Crippen LogP contribution < -0.4 is 0 Å². The van der Waals surface area contributed by atoms with Crippen LogP contribution in [0.3, 0.4) is 0 Å². The number of rotatable bonds is 8.